The molecule has 7 heteroatoms. The predicted octanol–water partition coefficient (Wildman–Crippen LogP) is 5.20. The summed E-state index contributed by atoms with van der Waals surface area (Å²) >= 11 is 6.39. The zero-order valence-electron chi connectivity index (χ0n) is 16.8. The number of rotatable bonds is 6. The van der Waals surface area contributed by atoms with E-state index < -0.39 is 5.63 Å². The fraction of sp³-hybridized carbons (Fsp3) is 0.0800. The maximum Gasteiger partial charge on any atom is 0.336 e. The lowest BCUT2D eigenvalue weighted by Crippen LogP contribution is -2.20. The van der Waals surface area contributed by atoms with E-state index >= 15 is 0 Å². The van der Waals surface area contributed by atoms with Crippen LogP contribution in [0, 0.1) is 11.3 Å². The van der Waals surface area contributed by atoms with E-state index in [1.54, 1.807) is 30.3 Å². The highest BCUT2D eigenvalue weighted by atomic mass is 35.5. The van der Waals surface area contributed by atoms with Gasteiger partial charge in [-0.3, -0.25) is 4.79 Å². The largest absolute Gasteiger partial charge is 0.482 e. The number of hydrogen-bond donors (Lipinski definition) is 1. The third kappa shape index (κ3) is 4.80. The van der Waals surface area contributed by atoms with E-state index in [0.717, 1.165) is 11.1 Å². The van der Waals surface area contributed by atoms with Crippen LogP contribution in [-0.4, -0.2) is 12.5 Å². The van der Waals surface area contributed by atoms with Crippen molar-refractivity contribution in [2.75, 3.05) is 11.9 Å². The topological polar surface area (TPSA) is 92.3 Å². The molecule has 3 aromatic carbocycles. The molecule has 0 unspecified atom stereocenters. The van der Waals surface area contributed by atoms with Crippen LogP contribution in [0.25, 0.3) is 22.1 Å². The van der Waals surface area contributed by atoms with Gasteiger partial charge in [-0.15, -0.1) is 0 Å². The molecule has 0 atom stereocenters. The molecule has 0 fully saturated rings. The summed E-state index contributed by atoms with van der Waals surface area (Å²) < 4.78 is 10.9. The van der Waals surface area contributed by atoms with E-state index in [-0.39, 0.29) is 23.3 Å². The fourth-order valence-corrected chi connectivity index (χ4v) is 3.49. The molecule has 32 heavy (non-hydrogen) atoms. The first-order valence-corrected chi connectivity index (χ1v) is 10.1. The summed E-state index contributed by atoms with van der Waals surface area (Å²) in [4.78, 5) is 24.3. The van der Waals surface area contributed by atoms with Crippen molar-refractivity contribution in [3.8, 4) is 22.9 Å². The SMILES string of the molecule is N#CCc1ccc(NC(=O)COc2cc3oc(=O)cc(-c4ccccc4)c3cc2Cl)cc1. The van der Waals surface area contributed by atoms with Crippen LogP contribution in [0.3, 0.4) is 0 Å². The molecule has 4 aromatic rings. The monoisotopic (exact) mass is 444 g/mol. The van der Waals surface area contributed by atoms with Crippen LogP contribution in [0.2, 0.25) is 5.02 Å². The van der Waals surface area contributed by atoms with Crippen LogP contribution < -0.4 is 15.7 Å². The number of fused-ring (bicyclic) bond motifs is 1. The summed E-state index contributed by atoms with van der Waals surface area (Å²) in [5.41, 5.74) is 2.81. The van der Waals surface area contributed by atoms with E-state index in [1.165, 1.54) is 12.1 Å². The van der Waals surface area contributed by atoms with Crippen LogP contribution in [0.1, 0.15) is 5.56 Å². The number of benzene rings is 3. The van der Waals surface area contributed by atoms with Crippen molar-refractivity contribution in [1.29, 1.82) is 5.26 Å². The molecular formula is C25H17ClN2O4. The minimum absolute atomic E-state index is 0.229. The summed E-state index contributed by atoms with van der Waals surface area (Å²) in [7, 11) is 0. The normalized spacial score (nSPS) is 10.5. The first-order chi connectivity index (χ1) is 15.5. The number of nitrogens with one attached hydrogen (secondary N) is 1. The van der Waals surface area contributed by atoms with Gasteiger partial charge in [-0.1, -0.05) is 54.1 Å². The molecule has 1 aromatic heterocycles. The molecule has 0 aliphatic heterocycles. The van der Waals surface area contributed by atoms with Crippen LogP contribution in [0.4, 0.5) is 5.69 Å². The molecule has 6 nitrogen and oxygen atoms in total. The fourth-order valence-electron chi connectivity index (χ4n) is 3.27. The highest BCUT2D eigenvalue weighted by molar-refractivity contribution is 6.33. The van der Waals surface area contributed by atoms with Gasteiger partial charge in [-0.05, 0) is 34.9 Å². The number of ether oxygens (including phenoxy) is 1. The molecule has 0 saturated carbocycles. The van der Waals surface area contributed by atoms with Crippen molar-refractivity contribution in [2.45, 2.75) is 6.42 Å². The molecule has 0 spiro atoms. The van der Waals surface area contributed by atoms with Gasteiger partial charge in [-0.2, -0.15) is 5.26 Å². The summed E-state index contributed by atoms with van der Waals surface area (Å²) in [5.74, 6) is -0.152. The Labute approximate surface area is 188 Å². The number of halogens is 1. The Morgan fingerprint density at radius 3 is 2.53 bits per heavy atom. The van der Waals surface area contributed by atoms with Crippen molar-refractivity contribution < 1.29 is 13.9 Å². The second kappa shape index (κ2) is 9.38. The molecule has 1 N–H and O–H groups in total. The van der Waals surface area contributed by atoms with Gasteiger partial charge in [-0.25, -0.2) is 4.79 Å². The highest BCUT2D eigenvalue weighted by Crippen LogP contribution is 2.34. The van der Waals surface area contributed by atoms with Crippen molar-refractivity contribution in [2.24, 2.45) is 0 Å². The Balaban J connectivity index is 1.52. The average Bonchev–Trinajstić information content (AvgIpc) is 2.79. The molecule has 0 bridgehead atoms. The Bertz CT molecular complexity index is 1370. The van der Waals surface area contributed by atoms with Gasteiger partial charge in [0.2, 0.25) is 0 Å². The summed E-state index contributed by atoms with van der Waals surface area (Å²) in [6.45, 7) is -0.284. The second-order valence-electron chi connectivity index (χ2n) is 6.99. The minimum atomic E-state index is -0.498. The quantitative estimate of drug-likeness (QED) is 0.413. The van der Waals surface area contributed by atoms with Gasteiger partial charge in [0.15, 0.2) is 6.61 Å². The molecule has 4 rings (SSSR count). The number of anilines is 1. The minimum Gasteiger partial charge on any atom is -0.482 e. The first-order valence-electron chi connectivity index (χ1n) is 9.75. The van der Waals surface area contributed by atoms with E-state index in [2.05, 4.69) is 11.4 Å². The summed E-state index contributed by atoms with van der Waals surface area (Å²) in [6.07, 6.45) is 0.305. The molecule has 0 radical (unpaired) electrons. The van der Waals surface area contributed by atoms with E-state index in [1.807, 2.05) is 30.3 Å². The zero-order valence-corrected chi connectivity index (χ0v) is 17.6. The van der Waals surface area contributed by atoms with Gasteiger partial charge in [0, 0.05) is 23.2 Å². The number of carbonyl (C=O) groups is 1. The number of nitriles is 1. The first kappa shape index (κ1) is 21.2. The Morgan fingerprint density at radius 2 is 1.81 bits per heavy atom. The van der Waals surface area contributed by atoms with Crippen LogP contribution in [-0.2, 0) is 11.2 Å². The summed E-state index contributed by atoms with van der Waals surface area (Å²) in [6, 6.07) is 23.1. The molecule has 1 amide bonds. The number of carbonyl (C=O) groups excluding carboxylic acids is 1. The second-order valence-corrected chi connectivity index (χ2v) is 7.40. The standard InChI is InChI=1S/C25H17ClN2O4/c26-21-12-20-19(17-4-2-1-3-5-17)13-25(30)32-22(20)14-23(21)31-15-24(29)28-18-8-6-16(7-9-18)10-11-27/h1-9,12-14H,10,15H2,(H,28,29). The summed E-state index contributed by atoms with van der Waals surface area (Å²) in [5, 5.41) is 12.4. The highest BCUT2D eigenvalue weighted by Gasteiger charge is 2.13. The third-order valence-corrected chi connectivity index (χ3v) is 5.06. The zero-order chi connectivity index (χ0) is 22.5. The Kier molecular flexibility index (Phi) is 6.20. The van der Waals surface area contributed by atoms with Crippen molar-refractivity contribution >= 4 is 34.2 Å². The molecule has 0 aliphatic rings. The van der Waals surface area contributed by atoms with Gasteiger partial charge < -0.3 is 14.5 Å². The van der Waals surface area contributed by atoms with E-state index in [0.29, 0.717) is 28.6 Å². The maximum atomic E-state index is 12.3. The van der Waals surface area contributed by atoms with Crippen LogP contribution >= 0.6 is 11.6 Å². The molecule has 158 valence electrons. The lowest BCUT2D eigenvalue weighted by Gasteiger charge is -2.11. The van der Waals surface area contributed by atoms with Crippen LogP contribution in [0.15, 0.2) is 82.0 Å². The van der Waals surface area contributed by atoms with Gasteiger partial charge in [0.1, 0.15) is 11.3 Å². The predicted molar refractivity (Wildman–Crippen MR) is 123 cm³/mol. The van der Waals surface area contributed by atoms with Crippen molar-refractivity contribution in [3.63, 3.8) is 0 Å². The van der Waals surface area contributed by atoms with Gasteiger partial charge >= 0.3 is 5.63 Å². The van der Waals surface area contributed by atoms with E-state index in [4.69, 9.17) is 26.0 Å². The average molecular weight is 445 g/mol. The third-order valence-electron chi connectivity index (χ3n) is 4.76. The Hall–Kier alpha value is -4.08. The van der Waals surface area contributed by atoms with Crippen molar-refractivity contribution in [3.05, 3.63) is 93.8 Å². The number of nitrogens with zero attached hydrogens (tertiary/aromatic N) is 1. The van der Waals surface area contributed by atoms with Crippen molar-refractivity contribution in [1.82, 2.24) is 0 Å². The molecule has 0 saturated heterocycles. The molecule has 1 heterocycles. The van der Waals surface area contributed by atoms with E-state index in [9.17, 15) is 9.59 Å². The molecular weight excluding hydrogens is 428 g/mol. The number of amides is 1. The number of hydrogen-bond acceptors (Lipinski definition) is 5. The lowest BCUT2D eigenvalue weighted by atomic mass is 10.0. The smallest absolute Gasteiger partial charge is 0.336 e. The maximum absolute atomic E-state index is 12.3. The molecule has 0 aliphatic carbocycles. The van der Waals surface area contributed by atoms with Gasteiger partial charge in [0.25, 0.3) is 5.91 Å². The lowest BCUT2D eigenvalue weighted by molar-refractivity contribution is -0.118. The van der Waals surface area contributed by atoms with Gasteiger partial charge in [0.05, 0.1) is 17.5 Å². The van der Waals surface area contributed by atoms with Crippen LogP contribution in [0.5, 0.6) is 5.75 Å². The Morgan fingerprint density at radius 1 is 1.06 bits per heavy atom.